The summed E-state index contributed by atoms with van der Waals surface area (Å²) in [6.45, 7) is 6.84. The number of aromatic nitrogens is 1. The third-order valence-corrected chi connectivity index (χ3v) is 4.68. The van der Waals surface area contributed by atoms with E-state index >= 15 is 0 Å². The zero-order valence-electron chi connectivity index (χ0n) is 15.5. The van der Waals surface area contributed by atoms with Gasteiger partial charge in [0.2, 0.25) is 5.91 Å². The van der Waals surface area contributed by atoms with E-state index in [4.69, 9.17) is 9.26 Å². The Bertz CT molecular complexity index is 810. The van der Waals surface area contributed by atoms with Crippen molar-refractivity contribution in [3.63, 3.8) is 0 Å². The summed E-state index contributed by atoms with van der Waals surface area (Å²) in [5.41, 5.74) is 2.26. The number of carbonyl (C=O) groups excluding carboxylic acids is 2. The Morgan fingerprint density at radius 2 is 2.00 bits per heavy atom. The number of rotatable bonds is 4. The molecule has 0 bridgehead atoms. The van der Waals surface area contributed by atoms with Crippen molar-refractivity contribution in [2.75, 3.05) is 20.1 Å². The van der Waals surface area contributed by atoms with Crippen molar-refractivity contribution in [1.29, 1.82) is 0 Å². The molecule has 1 aromatic carbocycles. The molecule has 0 unspecified atom stereocenters. The maximum Gasteiger partial charge on any atom is 0.276 e. The Morgan fingerprint density at radius 1 is 1.31 bits per heavy atom. The normalized spacial score (nSPS) is 17.5. The van der Waals surface area contributed by atoms with E-state index in [1.165, 1.54) is 4.90 Å². The first-order valence-electron chi connectivity index (χ1n) is 8.59. The van der Waals surface area contributed by atoms with Gasteiger partial charge in [0, 0.05) is 26.2 Å². The van der Waals surface area contributed by atoms with Crippen LogP contribution in [0.3, 0.4) is 0 Å². The highest BCUT2D eigenvalue weighted by molar-refractivity contribution is 5.96. The van der Waals surface area contributed by atoms with Crippen LogP contribution in [0.15, 0.2) is 28.8 Å². The van der Waals surface area contributed by atoms with Gasteiger partial charge in [0.05, 0.1) is 0 Å². The summed E-state index contributed by atoms with van der Waals surface area (Å²) in [7, 11) is 1.74. The van der Waals surface area contributed by atoms with Crippen molar-refractivity contribution in [3.8, 4) is 5.75 Å². The molecule has 0 N–H and O–H groups in total. The molecule has 1 fully saturated rings. The van der Waals surface area contributed by atoms with Crippen LogP contribution in [-0.4, -0.2) is 52.9 Å². The van der Waals surface area contributed by atoms with E-state index in [9.17, 15) is 9.59 Å². The van der Waals surface area contributed by atoms with Crippen molar-refractivity contribution < 1.29 is 18.8 Å². The summed E-state index contributed by atoms with van der Waals surface area (Å²) >= 11 is 0. The van der Waals surface area contributed by atoms with Gasteiger partial charge in [-0.15, -0.1) is 0 Å². The van der Waals surface area contributed by atoms with Crippen LogP contribution < -0.4 is 4.74 Å². The number of amides is 2. The Hall–Kier alpha value is -2.83. The predicted octanol–water partition coefficient (Wildman–Crippen LogP) is 2.17. The monoisotopic (exact) mass is 357 g/mol. The van der Waals surface area contributed by atoms with Gasteiger partial charge in [-0.3, -0.25) is 9.59 Å². The summed E-state index contributed by atoms with van der Waals surface area (Å²) in [6.07, 6.45) is 0. The summed E-state index contributed by atoms with van der Waals surface area (Å²) in [6, 6.07) is 6.99. The molecule has 1 aliphatic heterocycles. The van der Waals surface area contributed by atoms with E-state index in [0.717, 1.165) is 16.9 Å². The lowest BCUT2D eigenvalue weighted by Gasteiger charge is -2.36. The van der Waals surface area contributed by atoms with Gasteiger partial charge in [-0.1, -0.05) is 23.4 Å². The van der Waals surface area contributed by atoms with Crippen LogP contribution in [0, 0.1) is 13.8 Å². The van der Waals surface area contributed by atoms with E-state index in [1.807, 2.05) is 32.0 Å². The first-order chi connectivity index (χ1) is 12.4. The fourth-order valence-corrected chi connectivity index (χ4v) is 3.09. The topological polar surface area (TPSA) is 75.9 Å². The van der Waals surface area contributed by atoms with E-state index < -0.39 is 6.04 Å². The van der Waals surface area contributed by atoms with Crippen molar-refractivity contribution in [3.05, 3.63) is 46.8 Å². The molecule has 1 saturated heterocycles. The highest BCUT2D eigenvalue weighted by Crippen LogP contribution is 2.23. The molecule has 0 radical (unpaired) electrons. The van der Waals surface area contributed by atoms with Crippen molar-refractivity contribution >= 4 is 11.8 Å². The molecule has 7 heteroatoms. The van der Waals surface area contributed by atoms with Gasteiger partial charge < -0.3 is 19.1 Å². The van der Waals surface area contributed by atoms with E-state index in [1.54, 1.807) is 24.9 Å². The summed E-state index contributed by atoms with van der Waals surface area (Å²) in [5, 5.41) is 3.86. The lowest BCUT2D eigenvalue weighted by molar-refractivity contribution is -0.137. The van der Waals surface area contributed by atoms with Gasteiger partial charge in [0.1, 0.15) is 18.4 Å². The van der Waals surface area contributed by atoms with Crippen LogP contribution in [0.2, 0.25) is 0 Å². The number of aryl methyl sites for hydroxylation is 2. The van der Waals surface area contributed by atoms with Gasteiger partial charge >= 0.3 is 0 Å². The van der Waals surface area contributed by atoms with Gasteiger partial charge in [0.25, 0.3) is 5.91 Å². The van der Waals surface area contributed by atoms with Crippen LogP contribution in [-0.2, 0) is 11.4 Å². The number of para-hydroxylation sites is 1. The van der Waals surface area contributed by atoms with E-state index in [0.29, 0.717) is 18.8 Å². The highest BCUT2D eigenvalue weighted by atomic mass is 16.5. The summed E-state index contributed by atoms with van der Waals surface area (Å²) in [5.74, 6) is 0.881. The second-order valence-corrected chi connectivity index (χ2v) is 6.62. The largest absolute Gasteiger partial charge is 0.485 e. The molecule has 0 spiro atoms. The fourth-order valence-electron chi connectivity index (χ4n) is 3.09. The molecule has 2 heterocycles. The lowest BCUT2D eigenvalue weighted by Crippen LogP contribution is -2.56. The number of hydrogen-bond donors (Lipinski definition) is 0. The van der Waals surface area contributed by atoms with Gasteiger partial charge in [-0.2, -0.15) is 0 Å². The SMILES string of the molecule is Cc1cccc(C)c1OCc1cc(C(=O)N2CCN(C)C(=O)[C@@H]2C)no1. The smallest absolute Gasteiger partial charge is 0.276 e. The second kappa shape index (κ2) is 7.19. The Balaban J connectivity index is 1.68. The minimum absolute atomic E-state index is 0.0771. The van der Waals surface area contributed by atoms with Crippen molar-refractivity contribution in [2.24, 2.45) is 0 Å². The molecule has 1 atom stereocenters. The molecule has 1 aliphatic rings. The second-order valence-electron chi connectivity index (χ2n) is 6.62. The molecule has 2 aromatic rings. The zero-order chi connectivity index (χ0) is 18.8. The Kier molecular flexibility index (Phi) is 4.97. The van der Waals surface area contributed by atoms with Gasteiger partial charge in [-0.05, 0) is 31.9 Å². The van der Waals surface area contributed by atoms with E-state index in [2.05, 4.69) is 5.16 Å². The van der Waals surface area contributed by atoms with E-state index in [-0.39, 0.29) is 24.1 Å². The van der Waals surface area contributed by atoms with Crippen molar-refractivity contribution in [2.45, 2.75) is 33.4 Å². The first kappa shape index (κ1) is 18.0. The third-order valence-electron chi connectivity index (χ3n) is 4.68. The quantitative estimate of drug-likeness (QED) is 0.838. The average Bonchev–Trinajstić information content (AvgIpc) is 3.08. The minimum atomic E-state index is -0.507. The summed E-state index contributed by atoms with van der Waals surface area (Å²) in [4.78, 5) is 27.9. The first-order valence-corrected chi connectivity index (χ1v) is 8.59. The van der Waals surface area contributed by atoms with Crippen LogP contribution in [0.4, 0.5) is 0 Å². The maximum atomic E-state index is 12.7. The highest BCUT2D eigenvalue weighted by Gasteiger charge is 2.34. The number of benzene rings is 1. The van der Waals surface area contributed by atoms with Gasteiger partial charge in [-0.25, -0.2) is 0 Å². The molecular formula is C19H23N3O4. The number of hydrogen-bond acceptors (Lipinski definition) is 5. The number of likely N-dealkylation sites (N-methyl/N-ethyl adjacent to an activating group) is 1. The Morgan fingerprint density at radius 3 is 2.69 bits per heavy atom. The standard InChI is InChI=1S/C19H23N3O4/c1-12-6-5-7-13(2)17(12)25-11-15-10-16(20-26-15)19(24)22-9-8-21(4)18(23)14(22)3/h5-7,10,14H,8-9,11H2,1-4H3/t14-/m0/s1. The molecule has 138 valence electrons. The fraction of sp³-hybridized carbons (Fsp3) is 0.421. The molecule has 7 nitrogen and oxygen atoms in total. The molecular weight excluding hydrogens is 334 g/mol. The van der Waals surface area contributed by atoms with Crippen LogP contribution in [0.25, 0.3) is 0 Å². The molecule has 2 amide bonds. The molecule has 0 aliphatic carbocycles. The zero-order valence-corrected chi connectivity index (χ0v) is 15.5. The predicted molar refractivity (Wildman–Crippen MR) is 94.9 cm³/mol. The molecule has 0 saturated carbocycles. The number of nitrogens with zero attached hydrogens (tertiary/aromatic N) is 3. The molecule has 1 aromatic heterocycles. The van der Waals surface area contributed by atoms with Gasteiger partial charge in [0.15, 0.2) is 11.5 Å². The third kappa shape index (κ3) is 3.42. The minimum Gasteiger partial charge on any atom is -0.485 e. The molecule has 3 rings (SSSR count). The van der Waals surface area contributed by atoms with Crippen LogP contribution >= 0.6 is 0 Å². The molecule has 26 heavy (non-hydrogen) atoms. The van der Waals surface area contributed by atoms with Crippen molar-refractivity contribution in [1.82, 2.24) is 15.0 Å². The van der Waals surface area contributed by atoms with Crippen LogP contribution in [0.1, 0.15) is 34.3 Å². The van der Waals surface area contributed by atoms with Crippen LogP contribution in [0.5, 0.6) is 5.75 Å². The number of carbonyl (C=O) groups is 2. The Labute approximate surface area is 152 Å². The average molecular weight is 357 g/mol. The number of piperazine rings is 1. The lowest BCUT2D eigenvalue weighted by atomic mass is 10.1. The number of ether oxygens (including phenoxy) is 1. The summed E-state index contributed by atoms with van der Waals surface area (Å²) < 4.78 is 11.1. The maximum absolute atomic E-state index is 12.7.